The number of amides is 1. The fourth-order valence-corrected chi connectivity index (χ4v) is 4.46. The Balaban J connectivity index is 0.000000821. The normalized spacial score (nSPS) is 15.2. The molecule has 0 bridgehead atoms. The molecule has 10 heteroatoms. The van der Waals surface area contributed by atoms with Gasteiger partial charge in [0.25, 0.3) is 12.4 Å². The maximum absolute atomic E-state index is 13.1. The van der Waals surface area contributed by atoms with Crippen LogP contribution in [-0.2, 0) is 17.9 Å². The van der Waals surface area contributed by atoms with Gasteiger partial charge < -0.3 is 19.3 Å². The highest BCUT2D eigenvalue weighted by atomic mass is 16.5. The monoisotopic (exact) mass is 450 g/mol. The summed E-state index contributed by atoms with van der Waals surface area (Å²) < 4.78 is 7.57. The Morgan fingerprint density at radius 2 is 1.91 bits per heavy atom. The Labute approximate surface area is 191 Å². The van der Waals surface area contributed by atoms with E-state index in [0.717, 1.165) is 35.5 Å². The highest BCUT2D eigenvalue weighted by Gasteiger charge is 2.36. The molecule has 0 atom stereocenters. The van der Waals surface area contributed by atoms with Crippen LogP contribution in [0.5, 0.6) is 5.88 Å². The maximum Gasteiger partial charge on any atom is 0.290 e. The second-order valence-electron chi connectivity index (χ2n) is 8.03. The zero-order valence-corrected chi connectivity index (χ0v) is 18.6. The summed E-state index contributed by atoms with van der Waals surface area (Å²) in [6.07, 6.45) is 11.7. The van der Waals surface area contributed by atoms with Gasteiger partial charge in [0.15, 0.2) is 0 Å². The molecule has 0 unspecified atom stereocenters. The molecule has 1 N–H and O–H groups in total. The van der Waals surface area contributed by atoms with Crippen LogP contribution in [0, 0.1) is 6.92 Å². The summed E-state index contributed by atoms with van der Waals surface area (Å²) in [5.74, 6) is 2.11. The number of hydrogen-bond donors (Lipinski definition) is 1. The molecule has 0 spiro atoms. The van der Waals surface area contributed by atoms with Crippen LogP contribution >= 0.6 is 0 Å². The molecule has 3 aromatic heterocycles. The fourth-order valence-electron chi connectivity index (χ4n) is 4.46. The van der Waals surface area contributed by atoms with Crippen LogP contribution in [0.15, 0.2) is 30.9 Å². The third-order valence-corrected chi connectivity index (χ3v) is 6.01. The number of aryl methyl sites for hydroxylation is 1. The van der Waals surface area contributed by atoms with Crippen molar-refractivity contribution in [2.24, 2.45) is 0 Å². The highest BCUT2D eigenvalue weighted by Crippen LogP contribution is 2.33. The lowest BCUT2D eigenvalue weighted by atomic mass is 10.1. The van der Waals surface area contributed by atoms with Crippen molar-refractivity contribution < 1.29 is 19.4 Å². The number of carbonyl (C=O) groups excluding carboxylic acids is 1. The molecule has 0 radical (unpaired) electrons. The zero-order chi connectivity index (χ0) is 23.4. The SMILES string of the molecule is COc1nc2c(cc1Cn1ccnc1-c1cnc(C)nc1)C(=O)N(C1CCCC1)C2.O=CO. The summed E-state index contributed by atoms with van der Waals surface area (Å²) in [6, 6.07) is 2.27. The van der Waals surface area contributed by atoms with Crippen LogP contribution in [0.1, 0.15) is 53.1 Å². The van der Waals surface area contributed by atoms with Crippen molar-refractivity contribution in [1.82, 2.24) is 29.4 Å². The molecule has 1 saturated carbocycles. The maximum atomic E-state index is 13.1. The van der Waals surface area contributed by atoms with Gasteiger partial charge in [-0.3, -0.25) is 9.59 Å². The third kappa shape index (κ3) is 4.55. The van der Waals surface area contributed by atoms with E-state index in [4.69, 9.17) is 19.6 Å². The fraction of sp³-hybridized carbons (Fsp3) is 0.391. The lowest BCUT2D eigenvalue weighted by molar-refractivity contribution is -0.122. The number of aromatic nitrogens is 5. The number of carbonyl (C=O) groups is 2. The summed E-state index contributed by atoms with van der Waals surface area (Å²) in [5.41, 5.74) is 3.19. The van der Waals surface area contributed by atoms with Crippen molar-refractivity contribution in [2.75, 3.05) is 7.11 Å². The summed E-state index contributed by atoms with van der Waals surface area (Å²) in [4.78, 5) is 41.1. The second kappa shape index (κ2) is 9.76. The number of fused-ring (bicyclic) bond motifs is 1. The molecule has 0 aromatic carbocycles. The molecule has 3 aromatic rings. The van der Waals surface area contributed by atoms with Crippen LogP contribution in [0.25, 0.3) is 11.4 Å². The number of imidazole rings is 1. The van der Waals surface area contributed by atoms with E-state index in [0.29, 0.717) is 36.4 Å². The molecule has 172 valence electrons. The number of nitrogens with zero attached hydrogens (tertiary/aromatic N) is 6. The Morgan fingerprint density at radius 1 is 1.21 bits per heavy atom. The van der Waals surface area contributed by atoms with Gasteiger partial charge >= 0.3 is 0 Å². The molecule has 1 amide bonds. The Morgan fingerprint density at radius 3 is 2.58 bits per heavy atom. The van der Waals surface area contributed by atoms with Crippen LogP contribution < -0.4 is 4.74 Å². The van der Waals surface area contributed by atoms with Crippen molar-refractivity contribution >= 4 is 12.4 Å². The van der Waals surface area contributed by atoms with Crippen LogP contribution in [-0.4, -0.2) is 60.0 Å². The molecule has 1 aliphatic heterocycles. The lowest BCUT2D eigenvalue weighted by Gasteiger charge is -2.22. The highest BCUT2D eigenvalue weighted by molar-refractivity contribution is 5.98. The number of rotatable bonds is 5. The average Bonchev–Trinajstić information content (AvgIpc) is 3.56. The largest absolute Gasteiger partial charge is 0.483 e. The van der Waals surface area contributed by atoms with Gasteiger partial charge in [0.05, 0.1) is 37.0 Å². The Hall–Kier alpha value is -3.82. The Bertz CT molecular complexity index is 1140. The minimum absolute atomic E-state index is 0.0890. The van der Waals surface area contributed by atoms with Gasteiger partial charge in [-0.2, -0.15) is 0 Å². The molecular weight excluding hydrogens is 424 g/mol. The van der Waals surface area contributed by atoms with Gasteiger partial charge in [-0.25, -0.2) is 19.9 Å². The van der Waals surface area contributed by atoms with Crippen LogP contribution in [0.4, 0.5) is 0 Å². The van der Waals surface area contributed by atoms with E-state index in [1.165, 1.54) is 12.8 Å². The predicted molar refractivity (Wildman–Crippen MR) is 119 cm³/mol. The molecule has 2 aliphatic rings. The summed E-state index contributed by atoms with van der Waals surface area (Å²) in [7, 11) is 1.62. The standard InChI is InChI=1S/C22H24N6O2.CH2O2/c1-14-24-10-16(11-25-14)20-23-7-8-27(20)12-15-9-18-19(26-21(15)30-2)13-28(22(18)29)17-5-3-4-6-17;2-1-3/h7-11,17H,3-6,12-13H2,1-2H3;1H,(H,2,3). The van der Waals surface area contributed by atoms with Crippen LogP contribution in [0.2, 0.25) is 0 Å². The van der Waals surface area contributed by atoms with Gasteiger partial charge in [-0.15, -0.1) is 0 Å². The molecule has 4 heterocycles. The van der Waals surface area contributed by atoms with E-state index in [2.05, 4.69) is 15.0 Å². The summed E-state index contributed by atoms with van der Waals surface area (Å²) >= 11 is 0. The average molecular weight is 450 g/mol. The van der Waals surface area contributed by atoms with Gasteiger partial charge in [0.1, 0.15) is 11.6 Å². The predicted octanol–water partition coefficient (Wildman–Crippen LogP) is 2.70. The van der Waals surface area contributed by atoms with Crippen molar-refractivity contribution in [3.05, 3.63) is 53.5 Å². The summed E-state index contributed by atoms with van der Waals surface area (Å²) in [5, 5.41) is 6.89. The molecule has 1 fully saturated rings. The first-order valence-corrected chi connectivity index (χ1v) is 10.8. The van der Waals surface area contributed by atoms with Gasteiger partial charge in [0.2, 0.25) is 5.88 Å². The first-order valence-electron chi connectivity index (χ1n) is 10.8. The Kier molecular flexibility index (Phi) is 6.62. The number of hydrogen-bond acceptors (Lipinski definition) is 7. The lowest BCUT2D eigenvalue weighted by Crippen LogP contribution is -2.33. The topological polar surface area (TPSA) is 123 Å². The van der Waals surface area contributed by atoms with E-state index in [9.17, 15) is 4.79 Å². The minimum atomic E-state index is -0.250. The molecular formula is C23H26N6O4. The minimum Gasteiger partial charge on any atom is -0.483 e. The number of carboxylic acid groups (broad SMARTS) is 1. The van der Waals surface area contributed by atoms with E-state index in [1.807, 2.05) is 28.7 Å². The van der Waals surface area contributed by atoms with Crippen molar-refractivity contribution in [2.45, 2.75) is 51.7 Å². The van der Waals surface area contributed by atoms with Gasteiger partial charge in [-0.1, -0.05) is 12.8 Å². The number of ether oxygens (including phenoxy) is 1. The van der Waals surface area contributed by atoms with E-state index in [-0.39, 0.29) is 12.4 Å². The zero-order valence-electron chi connectivity index (χ0n) is 18.6. The number of methoxy groups -OCH3 is 1. The smallest absolute Gasteiger partial charge is 0.290 e. The van der Waals surface area contributed by atoms with Crippen molar-refractivity contribution in [1.29, 1.82) is 0 Å². The molecule has 0 saturated heterocycles. The first kappa shape index (κ1) is 22.4. The molecule has 1 aliphatic carbocycles. The van der Waals surface area contributed by atoms with Crippen molar-refractivity contribution in [3.8, 4) is 17.3 Å². The molecule has 5 rings (SSSR count). The molecule has 33 heavy (non-hydrogen) atoms. The summed E-state index contributed by atoms with van der Waals surface area (Å²) in [6.45, 7) is 2.67. The van der Waals surface area contributed by atoms with Crippen LogP contribution in [0.3, 0.4) is 0 Å². The van der Waals surface area contributed by atoms with Gasteiger partial charge in [-0.05, 0) is 25.8 Å². The number of pyridine rings is 1. The quantitative estimate of drug-likeness (QED) is 0.589. The molecule has 10 nitrogen and oxygen atoms in total. The van der Waals surface area contributed by atoms with E-state index < -0.39 is 0 Å². The van der Waals surface area contributed by atoms with E-state index >= 15 is 0 Å². The third-order valence-electron chi connectivity index (χ3n) is 6.01. The van der Waals surface area contributed by atoms with Gasteiger partial charge in [0, 0.05) is 36.4 Å². The second-order valence-corrected chi connectivity index (χ2v) is 8.03. The first-order chi connectivity index (χ1) is 16.0. The van der Waals surface area contributed by atoms with Crippen molar-refractivity contribution in [3.63, 3.8) is 0 Å². The van der Waals surface area contributed by atoms with E-state index in [1.54, 1.807) is 25.7 Å².